The highest BCUT2D eigenvalue weighted by atomic mass is 32.2. The maximum absolute atomic E-state index is 5.46. The van der Waals surface area contributed by atoms with Crippen molar-refractivity contribution in [1.29, 1.82) is 0 Å². The number of rotatable bonds is 4. The molecule has 3 rings (SSSR count). The summed E-state index contributed by atoms with van der Waals surface area (Å²) in [5.74, 6) is 4.40. The highest BCUT2D eigenvalue weighted by Gasteiger charge is 2.33. The van der Waals surface area contributed by atoms with Gasteiger partial charge in [-0.25, -0.2) is 0 Å². The van der Waals surface area contributed by atoms with Crippen LogP contribution in [0.25, 0.3) is 0 Å². The molecular formula is C16H23NOS. The predicted molar refractivity (Wildman–Crippen MR) is 82.2 cm³/mol. The van der Waals surface area contributed by atoms with Crippen LogP contribution in [0.2, 0.25) is 0 Å². The molecule has 104 valence electrons. The van der Waals surface area contributed by atoms with Crippen LogP contribution < -0.4 is 10.1 Å². The van der Waals surface area contributed by atoms with Crippen molar-refractivity contribution < 1.29 is 4.74 Å². The van der Waals surface area contributed by atoms with Gasteiger partial charge in [0.05, 0.1) is 7.11 Å². The van der Waals surface area contributed by atoms with Gasteiger partial charge in [0.1, 0.15) is 5.75 Å². The van der Waals surface area contributed by atoms with Gasteiger partial charge in [0, 0.05) is 17.8 Å². The monoisotopic (exact) mass is 277 g/mol. The van der Waals surface area contributed by atoms with Crippen molar-refractivity contribution in [2.24, 2.45) is 0 Å². The summed E-state index contributed by atoms with van der Waals surface area (Å²) < 4.78 is 5.46. The van der Waals surface area contributed by atoms with Crippen LogP contribution in [0.1, 0.15) is 37.2 Å². The molecule has 2 fully saturated rings. The SMILES string of the molecule is COc1ccccc1C1CC(NC2CCCSC2)C1. The summed E-state index contributed by atoms with van der Waals surface area (Å²) in [6.07, 6.45) is 5.27. The number of methoxy groups -OCH3 is 1. The van der Waals surface area contributed by atoms with Crippen molar-refractivity contribution in [2.75, 3.05) is 18.6 Å². The summed E-state index contributed by atoms with van der Waals surface area (Å²) in [5, 5.41) is 3.83. The Morgan fingerprint density at radius 3 is 2.79 bits per heavy atom. The van der Waals surface area contributed by atoms with Gasteiger partial charge >= 0.3 is 0 Å². The molecule has 0 spiro atoms. The third kappa shape index (κ3) is 3.09. The van der Waals surface area contributed by atoms with Crippen molar-refractivity contribution >= 4 is 11.8 Å². The van der Waals surface area contributed by atoms with Crippen LogP contribution >= 0.6 is 11.8 Å². The van der Waals surface area contributed by atoms with Crippen LogP contribution in [0.5, 0.6) is 5.75 Å². The van der Waals surface area contributed by atoms with Crippen LogP contribution in [0.4, 0.5) is 0 Å². The molecule has 0 aromatic heterocycles. The van der Waals surface area contributed by atoms with E-state index in [0.29, 0.717) is 5.92 Å². The lowest BCUT2D eigenvalue weighted by molar-refractivity contribution is 0.260. The second kappa shape index (κ2) is 6.19. The largest absolute Gasteiger partial charge is 0.496 e. The van der Waals surface area contributed by atoms with Gasteiger partial charge in [-0.2, -0.15) is 11.8 Å². The zero-order valence-corrected chi connectivity index (χ0v) is 12.4. The van der Waals surface area contributed by atoms with Crippen LogP contribution in [0, 0.1) is 0 Å². The van der Waals surface area contributed by atoms with Gasteiger partial charge in [-0.15, -0.1) is 0 Å². The molecule has 1 aliphatic heterocycles. The van der Waals surface area contributed by atoms with E-state index in [1.54, 1.807) is 7.11 Å². The number of ether oxygens (including phenoxy) is 1. The van der Waals surface area contributed by atoms with Crippen molar-refractivity contribution in [2.45, 2.75) is 43.7 Å². The standard InChI is InChI=1S/C16H23NOS/c1-18-16-7-3-2-6-15(16)12-9-14(10-12)17-13-5-4-8-19-11-13/h2-3,6-7,12-14,17H,4-5,8-11H2,1H3. The Morgan fingerprint density at radius 1 is 1.21 bits per heavy atom. The molecule has 0 amide bonds. The lowest BCUT2D eigenvalue weighted by atomic mass is 9.75. The van der Waals surface area contributed by atoms with Crippen LogP contribution in [0.15, 0.2) is 24.3 Å². The second-order valence-electron chi connectivity index (χ2n) is 5.69. The van der Waals surface area contributed by atoms with E-state index in [1.807, 2.05) is 0 Å². The number of hydrogen-bond acceptors (Lipinski definition) is 3. The van der Waals surface area contributed by atoms with Crippen molar-refractivity contribution in [1.82, 2.24) is 5.32 Å². The molecule has 0 bridgehead atoms. The molecule has 2 nitrogen and oxygen atoms in total. The van der Waals surface area contributed by atoms with Gasteiger partial charge in [0.25, 0.3) is 0 Å². The average Bonchev–Trinajstić information content (AvgIpc) is 2.43. The van der Waals surface area contributed by atoms with Gasteiger partial charge in [0.2, 0.25) is 0 Å². The summed E-state index contributed by atoms with van der Waals surface area (Å²) in [5.41, 5.74) is 1.39. The topological polar surface area (TPSA) is 21.3 Å². The molecule has 1 saturated carbocycles. The number of hydrogen-bond donors (Lipinski definition) is 1. The molecule has 1 unspecified atom stereocenters. The minimum atomic E-state index is 0.685. The van der Waals surface area contributed by atoms with E-state index >= 15 is 0 Å². The zero-order chi connectivity index (χ0) is 13.1. The molecule has 19 heavy (non-hydrogen) atoms. The van der Waals surface area contributed by atoms with Crippen LogP contribution in [-0.2, 0) is 0 Å². The first-order valence-corrected chi connectivity index (χ1v) is 8.49. The van der Waals surface area contributed by atoms with Crippen LogP contribution in [0.3, 0.4) is 0 Å². The highest BCUT2D eigenvalue weighted by molar-refractivity contribution is 7.99. The van der Waals surface area contributed by atoms with Gasteiger partial charge in [-0.05, 0) is 49.0 Å². The summed E-state index contributed by atoms with van der Waals surface area (Å²) in [4.78, 5) is 0. The van der Waals surface area contributed by atoms with Crippen molar-refractivity contribution in [3.63, 3.8) is 0 Å². The van der Waals surface area contributed by atoms with E-state index in [1.165, 1.54) is 42.8 Å². The smallest absolute Gasteiger partial charge is 0.122 e. The molecule has 0 radical (unpaired) electrons. The summed E-state index contributed by atoms with van der Waals surface area (Å²) in [6, 6.07) is 9.94. The minimum Gasteiger partial charge on any atom is -0.496 e. The number of nitrogens with one attached hydrogen (secondary N) is 1. The van der Waals surface area contributed by atoms with Gasteiger partial charge in [0.15, 0.2) is 0 Å². The fourth-order valence-electron chi connectivity index (χ4n) is 3.22. The molecule has 1 aromatic rings. The maximum atomic E-state index is 5.46. The lowest BCUT2D eigenvalue weighted by Crippen LogP contribution is -2.47. The molecule has 1 atom stereocenters. The Kier molecular flexibility index (Phi) is 4.34. The van der Waals surface area contributed by atoms with Gasteiger partial charge in [-0.1, -0.05) is 18.2 Å². The summed E-state index contributed by atoms with van der Waals surface area (Å²) in [7, 11) is 1.77. The summed E-state index contributed by atoms with van der Waals surface area (Å²) >= 11 is 2.10. The first kappa shape index (κ1) is 13.3. The normalized spacial score (nSPS) is 30.7. The molecule has 1 N–H and O–H groups in total. The Balaban J connectivity index is 1.51. The number of benzene rings is 1. The van der Waals surface area contributed by atoms with E-state index < -0.39 is 0 Å². The van der Waals surface area contributed by atoms with Crippen molar-refractivity contribution in [3.05, 3.63) is 29.8 Å². The van der Waals surface area contributed by atoms with E-state index in [-0.39, 0.29) is 0 Å². The quantitative estimate of drug-likeness (QED) is 0.911. The third-order valence-electron chi connectivity index (χ3n) is 4.35. The predicted octanol–water partition coefficient (Wildman–Crippen LogP) is 3.43. The Morgan fingerprint density at radius 2 is 2.05 bits per heavy atom. The van der Waals surface area contributed by atoms with Crippen LogP contribution in [-0.4, -0.2) is 30.7 Å². The molecule has 1 aromatic carbocycles. The first-order valence-electron chi connectivity index (χ1n) is 7.33. The average molecular weight is 277 g/mol. The van der Waals surface area contributed by atoms with Gasteiger partial charge in [-0.3, -0.25) is 0 Å². The van der Waals surface area contributed by atoms with E-state index in [2.05, 4.69) is 41.3 Å². The molecule has 2 aliphatic rings. The van der Waals surface area contributed by atoms with E-state index in [4.69, 9.17) is 4.74 Å². The molecule has 1 aliphatic carbocycles. The number of thioether (sulfide) groups is 1. The lowest BCUT2D eigenvalue weighted by Gasteiger charge is -2.40. The Labute approximate surface area is 120 Å². The van der Waals surface area contributed by atoms with Gasteiger partial charge < -0.3 is 10.1 Å². The first-order chi connectivity index (χ1) is 9.36. The van der Waals surface area contributed by atoms with E-state index in [9.17, 15) is 0 Å². The molecule has 1 heterocycles. The van der Waals surface area contributed by atoms with E-state index in [0.717, 1.165) is 17.8 Å². The fourth-order valence-corrected chi connectivity index (χ4v) is 4.30. The minimum absolute atomic E-state index is 0.685. The Bertz CT molecular complexity index is 411. The highest BCUT2D eigenvalue weighted by Crippen LogP contribution is 2.41. The number of para-hydroxylation sites is 1. The fraction of sp³-hybridized carbons (Fsp3) is 0.625. The zero-order valence-electron chi connectivity index (χ0n) is 11.6. The van der Waals surface area contributed by atoms with Crippen molar-refractivity contribution in [3.8, 4) is 5.75 Å². The molecule has 1 saturated heterocycles. The third-order valence-corrected chi connectivity index (χ3v) is 5.56. The molecule has 3 heteroatoms. The molecular weight excluding hydrogens is 254 g/mol. The summed E-state index contributed by atoms with van der Waals surface area (Å²) in [6.45, 7) is 0. The second-order valence-corrected chi connectivity index (χ2v) is 6.84. The maximum Gasteiger partial charge on any atom is 0.122 e. The Hall–Kier alpha value is -0.670.